The van der Waals surface area contributed by atoms with Gasteiger partial charge in [-0.05, 0) is 23.8 Å². The average molecular weight is 207 g/mol. The molecular weight excluding hydrogens is 186 g/mol. The summed E-state index contributed by atoms with van der Waals surface area (Å²) in [4.78, 5) is 0. The van der Waals surface area contributed by atoms with Gasteiger partial charge in [0.15, 0.2) is 0 Å². The Hall–Kier alpha value is -0.860. The number of aliphatic hydroxyl groups is 1. The van der Waals surface area contributed by atoms with E-state index in [1.54, 1.807) is 0 Å². The highest BCUT2D eigenvalue weighted by Gasteiger charge is 2.20. The third-order valence-corrected chi connectivity index (χ3v) is 2.93. The van der Waals surface area contributed by atoms with Crippen LogP contribution in [0.3, 0.4) is 0 Å². The molecule has 0 aromatic heterocycles. The third-order valence-electron chi connectivity index (χ3n) is 2.93. The van der Waals surface area contributed by atoms with Crippen molar-refractivity contribution in [2.24, 2.45) is 5.73 Å². The third kappa shape index (κ3) is 3.65. The highest BCUT2D eigenvalue weighted by molar-refractivity contribution is 5.23. The topological polar surface area (TPSA) is 46.2 Å². The minimum Gasteiger partial charge on any atom is -0.395 e. The summed E-state index contributed by atoms with van der Waals surface area (Å²) in [5.41, 5.74) is 7.17. The molecule has 0 fully saturated rings. The minimum atomic E-state index is -0.0898. The Balaban J connectivity index is 2.59. The first kappa shape index (κ1) is 12.2. The van der Waals surface area contributed by atoms with Crippen molar-refractivity contribution in [3.63, 3.8) is 0 Å². The van der Waals surface area contributed by atoms with Crippen LogP contribution in [0.1, 0.15) is 32.3 Å². The van der Waals surface area contributed by atoms with E-state index in [-0.39, 0.29) is 18.1 Å². The van der Waals surface area contributed by atoms with Crippen molar-refractivity contribution >= 4 is 0 Å². The summed E-state index contributed by atoms with van der Waals surface area (Å²) in [5, 5.41) is 8.88. The first-order chi connectivity index (χ1) is 7.06. The Kier molecular flexibility index (Phi) is 4.30. The van der Waals surface area contributed by atoms with Crippen LogP contribution in [-0.4, -0.2) is 17.8 Å². The molecule has 2 nitrogen and oxygen atoms in total. The molecule has 84 valence electrons. The van der Waals surface area contributed by atoms with E-state index in [0.29, 0.717) is 0 Å². The number of benzene rings is 1. The van der Waals surface area contributed by atoms with E-state index in [4.69, 9.17) is 10.8 Å². The van der Waals surface area contributed by atoms with Gasteiger partial charge in [-0.3, -0.25) is 0 Å². The lowest BCUT2D eigenvalue weighted by Crippen LogP contribution is -2.28. The maximum absolute atomic E-state index is 8.88. The van der Waals surface area contributed by atoms with Gasteiger partial charge >= 0.3 is 0 Å². The fourth-order valence-electron chi connectivity index (χ4n) is 1.67. The Bertz CT molecular complexity index is 282. The van der Waals surface area contributed by atoms with Crippen LogP contribution in [0.15, 0.2) is 30.3 Å². The van der Waals surface area contributed by atoms with E-state index in [1.807, 2.05) is 6.07 Å². The van der Waals surface area contributed by atoms with E-state index in [1.165, 1.54) is 5.56 Å². The molecule has 0 radical (unpaired) electrons. The molecule has 15 heavy (non-hydrogen) atoms. The van der Waals surface area contributed by atoms with Crippen molar-refractivity contribution in [3.05, 3.63) is 35.9 Å². The number of rotatable bonds is 5. The molecule has 0 aliphatic rings. The fourth-order valence-corrected chi connectivity index (χ4v) is 1.67. The summed E-state index contributed by atoms with van der Waals surface area (Å²) in [5.74, 6) is 0. The molecule has 1 unspecified atom stereocenters. The molecule has 0 amide bonds. The Labute approximate surface area is 92.1 Å². The Morgan fingerprint density at radius 1 is 1.27 bits per heavy atom. The first-order valence-electron chi connectivity index (χ1n) is 5.48. The lowest BCUT2D eigenvalue weighted by atomic mass is 9.80. The lowest BCUT2D eigenvalue weighted by molar-refractivity contribution is 0.251. The van der Waals surface area contributed by atoms with Crippen molar-refractivity contribution in [2.75, 3.05) is 6.61 Å². The summed E-state index contributed by atoms with van der Waals surface area (Å²) in [6.07, 6.45) is 1.86. The van der Waals surface area contributed by atoms with E-state index >= 15 is 0 Å². The molecule has 0 aliphatic heterocycles. The second kappa shape index (κ2) is 5.29. The molecule has 1 aromatic rings. The van der Waals surface area contributed by atoms with Gasteiger partial charge in [0.25, 0.3) is 0 Å². The standard InChI is InChI=1S/C13H21NO/c1-13(2,9-8-12(14)10-15)11-6-4-3-5-7-11/h3-7,12,15H,8-10,14H2,1-2H3. The van der Waals surface area contributed by atoms with Crippen molar-refractivity contribution in [1.82, 2.24) is 0 Å². The van der Waals surface area contributed by atoms with Gasteiger partial charge in [-0.1, -0.05) is 44.2 Å². The predicted molar refractivity (Wildman–Crippen MR) is 63.8 cm³/mol. The van der Waals surface area contributed by atoms with Crippen molar-refractivity contribution in [2.45, 2.75) is 38.1 Å². The number of hydrogen-bond acceptors (Lipinski definition) is 2. The fraction of sp³-hybridized carbons (Fsp3) is 0.538. The molecule has 1 atom stereocenters. The quantitative estimate of drug-likeness (QED) is 0.776. The maximum Gasteiger partial charge on any atom is 0.0582 e. The van der Waals surface area contributed by atoms with E-state index < -0.39 is 0 Å². The van der Waals surface area contributed by atoms with Crippen LogP contribution in [0.4, 0.5) is 0 Å². The van der Waals surface area contributed by atoms with Gasteiger partial charge in [-0.25, -0.2) is 0 Å². The van der Waals surface area contributed by atoms with Gasteiger partial charge in [-0.2, -0.15) is 0 Å². The van der Waals surface area contributed by atoms with Crippen LogP contribution in [0.25, 0.3) is 0 Å². The van der Waals surface area contributed by atoms with Crippen LogP contribution in [0.2, 0.25) is 0 Å². The van der Waals surface area contributed by atoms with E-state index in [0.717, 1.165) is 12.8 Å². The summed E-state index contributed by atoms with van der Waals surface area (Å²) in [6.45, 7) is 4.50. The van der Waals surface area contributed by atoms with Gasteiger partial charge in [0, 0.05) is 6.04 Å². The highest BCUT2D eigenvalue weighted by Crippen LogP contribution is 2.28. The zero-order valence-electron chi connectivity index (χ0n) is 9.61. The van der Waals surface area contributed by atoms with Gasteiger partial charge in [0.05, 0.1) is 6.61 Å². The number of nitrogens with two attached hydrogens (primary N) is 1. The summed E-state index contributed by atoms with van der Waals surface area (Å²) < 4.78 is 0. The molecule has 3 N–H and O–H groups in total. The predicted octanol–water partition coefficient (Wildman–Crippen LogP) is 2.06. The normalized spacial score (nSPS) is 13.9. The SMILES string of the molecule is CC(C)(CCC(N)CO)c1ccccc1. The molecule has 0 aliphatic carbocycles. The molecule has 2 heteroatoms. The molecule has 1 rings (SSSR count). The van der Waals surface area contributed by atoms with Crippen LogP contribution in [0, 0.1) is 0 Å². The highest BCUT2D eigenvalue weighted by atomic mass is 16.3. The van der Waals surface area contributed by atoms with E-state index in [9.17, 15) is 0 Å². The smallest absolute Gasteiger partial charge is 0.0582 e. The molecule has 0 spiro atoms. The first-order valence-corrected chi connectivity index (χ1v) is 5.48. The minimum absolute atomic E-state index is 0.0743. The molecule has 1 aromatic carbocycles. The molecule has 0 saturated heterocycles. The summed E-state index contributed by atoms with van der Waals surface area (Å²) >= 11 is 0. The van der Waals surface area contributed by atoms with Gasteiger partial charge in [0.2, 0.25) is 0 Å². The molecule has 0 saturated carbocycles. The number of aliphatic hydroxyl groups excluding tert-OH is 1. The van der Waals surface area contributed by atoms with Crippen molar-refractivity contribution < 1.29 is 5.11 Å². The lowest BCUT2D eigenvalue weighted by Gasteiger charge is -2.26. The second-order valence-electron chi connectivity index (χ2n) is 4.73. The van der Waals surface area contributed by atoms with Gasteiger partial charge in [0.1, 0.15) is 0 Å². The van der Waals surface area contributed by atoms with Crippen LogP contribution in [-0.2, 0) is 5.41 Å². The maximum atomic E-state index is 8.88. The average Bonchev–Trinajstić information content (AvgIpc) is 2.27. The Morgan fingerprint density at radius 3 is 2.40 bits per heavy atom. The largest absolute Gasteiger partial charge is 0.395 e. The van der Waals surface area contributed by atoms with Gasteiger partial charge in [-0.15, -0.1) is 0 Å². The van der Waals surface area contributed by atoms with Gasteiger partial charge < -0.3 is 10.8 Å². The molecule has 0 heterocycles. The van der Waals surface area contributed by atoms with Crippen molar-refractivity contribution in [1.29, 1.82) is 0 Å². The van der Waals surface area contributed by atoms with Crippen LogP contribution >= 0.6 is 0 Å². The van der Waals surface area contributed by atoms with Crippen LogP contribution < -0.4 is 5.73 Å². The van der Waals surface area contributed by atoms with Crippen molar-refractivity contribution in [3.8, 4) is 0 Å². The number of hydrogen-bond donors (Lipinski definition) is 2. The summed E-state index contributed by atoms with van der Waals surface area (Å²) in [6, 6.07) is 10.3. The zero-order chi connectivity index (χ0) is 11.3. The monoisotopic (exact) mass is 207 g/mol. The second-order valence-corrected chi connectivity index (χ2v) is 4.73. The molecule has 0 bridgehead atoms. The summed E-state index contributed by atoms with van der Waals surface area (Å²) in [7, 11) is 0. The zero-order valence-corrected chi connectivity index (χ0v) is 9.61. The van der Waals surface area contributed by atoms with Crippen LogP contribution in [0.5, 0.6) is 0 Å². The van der Waals surface area contributed by atoms with E-state index in [2.05, 4.69) is 38.1 Å². The Morgan fingerprint density at radius 2 is 1.87 bits per heavy atom. The molecular formula is C13H21NO.